The van der Waals surface area contributed by atoms with Crippen LogP contribution in [0.2, 0.25) is 0 Å². The van der Waals surface area contributed by atoms with E-state index in [-0.39, 0.29) is 17.9 Å². The van der Waals surface area contributed by atoms with Crippen molar-refractivity contribution in [2.45, 2.75) is 71.8 Å². The molecule has 3 rings (SSSR count). The van der Waals surface area contributed by atoms with Gasteiger partial charge in [0.2, 0.25) is 5.91 Å². The second kappa shape index (κ2) is 12.3. The molecule has 0 radical (unpaired) electrons. The van der Waals surface area contributed by atoms with Crippen molar-refractivity contribution in [3.05, 3.63) is 47.2 Å². The molecule has 1 aliphatic carbocycles. The molecule has 1 saturated carbocycles. The third kappa shape index (κ3) is 6.52. The summed E-state index contributed by atoms with van der Waals surface area (Å²) in [5.74, 6) is 0.961. The lowest BCUT2D eigenvalue weighted by Crippen LogP contribution is -2.81. The molecule has 1 aliphatic heterocycles. The summed E-state index contributed by atoms with van der Waals surface area (Å²) in [5, 5.41) is 14.1. The molecular formula is C27H43N4O+. The zero-order valence-electron chi connectivity index (χ0n) is 20.3. The van der Waals surface area contributed by atoms with E-state index in [1.807, 2.05) is 6.07 Å². The van der Waals surface area contributed by atoms with Crippen molar-refractivity contribution >= 4 is 11.6 Å². The van der Waals surface area contributed by atoms with Crippen molar-refractivity contribution in [1.82, 2.24) is 10.2 Å². The topological polar surface area (TPSA) is 72.8 Å². The Balaban J connectivity index is 1.57. The highest BCUT2D eigenvalue weighted by Crippen LogP contribution is 2.30. The Labute approximate surface area is 194 Å². The van der Waals surface area contributed by atoms with Crippen molar-refractivity contribution < 1.29 is 10.1 Å². The number of likely N-dealkylation sites (tertiary alicyclic amines) is 1. The number of carbonyl (C=O) groups excluding carboxylic acids is 1. The molecule has 176 valence electrons. The van der Waals surface area contributed by atoms with E-state index >= 15 is 0 Å². The zero-order chi connectivity index (χ0) is 22.9. The van der Waals surface area contributed by atoms with Gasteiger partial charge in [-0.05, 0) is 70.0 Å². The van der Waals surface area contributed by atoms with Crippen molar-refractivity contribution in [3.8, 4) is 0 Å². The van der Waals surface area contributed by atoms with Crippen molar-refractivity contribution in [1.29, 1.82) is 5.41 Å². The number of allylic oxidation sites excluding steroid dienone is 2. The monoisotopic (exact) mass is 439 g/mol. The summed E-state index contributed by atoms with van der Waals surface area (Å²) in [6.45, 7) is 10.6. The number of nitrogens with two attached hydrogens (primary N) is 1. The van der Waals surface area contributed by atoms with E-state index in [0.717, 1.165) is 70.4 Å². The fourth-order valence-corrected chi connectivity index (χ4v) is 5.14. The lowest BCUT2D eigenvalue weighted by molar-refractivity contribution is -0.603. The molecule has 0 bridgehead atoms. The molecule has 1 aromatic rings. The number of benzene rings is 1. The molecule has 0 unspecified atom stereocenters. The number of nitrogens with one attached hydrogen (secondary N) is 2. The minimum absolute atomic E-state index is 0.0900. The van der Waals surface area contributed by atoms with Gasteiger partial charge in [-0.15, -0.1) is 0 Å². The van der Waals surface area contributed by atoms with Gasteiger partial charge in [-0.2, -0.15) is 0 Å². The van der Waals surface area contributed by atoms with E-state index in [1.165, 1.54) is 23.3 Å². The standard InChI is InChI=1S/C27H42N4O/c1-4-24(28)26(20(3)29-5-2)22-14-17-31(18-15-22)19-16-25(21-10-7-6-8-11-21)30-27(32)23-12-9-13-23/h6-8,10-11,22-23,25,28-29H,4-5,9,12-19H2,1-3H3,(H,30,32)/p+1/b26-20-,28-24?/t25-/m0/s1. The normalized spacial score (nSPS) is 19.7. The van der Waals surface area contributed by atoms with Crippen LogP contribution in [0.4, 0.5) is 0 Å². The van der Waals surface area contributed by atoms with Gasteiger partial charge in [-0.25, -0.2) is 0 Å². The zero-order valence-corrected chi connectivity index (χ0v) is 20.3. The highest BCUT2D eigenvalue weighted by atomic mass is 16.2. The minimum atomic E-state index is 0.0900. The lowest BCUT2D eigenvalue weighted by atomic mass is 9.84. The largest absolute Gasteiger partial charge is 0.349 e. The highest BCUT2D eigenvalue weighted by Gasteiger charge is 2.29. The summed E-state index contributed by atoms with van der Waals surface area (Å²) in [5.41, 5.74) is 4.63. The van der Waals surface area contributed by atoms with Gasteiger partial charge < -0.3 is 20.9 Å². The van der Waals surface area contributed by atoms with Gasteiger partial charge in [0.15, 0.2) is 0 Å². The number of amides is 1. The van der Waals surface area contributed by atoms with E-state index in [1.54, 1.807) is 0 Å². The van der Waals surface area contributed by atoms with Crippen LogP contribution in [0.5, 0.6) is 0 Å². The molecule has 1 amide bonds. The second-order valence-electron chi connectivity index (χ2n) is 9.55. The number of rotatable bonds is 11. The van der Waals surface area contributed by atoms with Crippen molar-refractivity contribution in [3.63, 3.8) is 0 Å². The maximum absolute atomic E-state index is 12.6. The summed E-state index contributed by atoms with van der Waals surface area (Å²) < 4.78 is 0. The maximum Gasteiger partial charge on any atom is 0.223 e. The molecule has 2 fully saturated rings. The van der Waals surface area contributed by atoms with E-state index in [0.29, 0.717) is 5.92 Å². The van der Waals surface area contributed by atoms with Crippen LogP contribution < -0.4 is 10.6 Å². The summed E-state index contributed by atoms with van der Waals surface area (Å²) in [6, 6.07) is 10.5. The number of hydrogen-bond acceptors (Lipinski definition) is 3. The Bertz CT molecular complexity index is 776. The molecule has 1 aromatic carbocycles. The molecule has 1 atom stereocenters. The summed E-state index contributed by atoms with van der Waals surface area (Å²) >= 11 is 0. The van der Waals surface area contributed by atoms with E-state index in [4.69, 9.17) is 5.41 Å². The van der Waals surface area contributed by atoms with Crippen LogP contribution in [-0.2, 0) is 4.79 Å². The summed E-state index contributed by atoms with van der Waals surface area (Å²) in [4.78, 5) is 15.2. The number of piperidine rings is 1. The first kappa shape index (κ1) is 24.7. The van der Waals surface area contributed by atoms with Gasteiger partial charge in [0.25, 0.3) is 0 Å². The van der Waals surface area contributed by atoms with E-state index in [2.05, 4.69) is 60.6 Å². The molecule has 2 aliphatic rings. The van der Waals surface area contributed by atoms with E-state index < -0.39 is 0 Å². The third-order valence-electron chi connectivity index (χ3n) is 7.34. The first-order chi connectivity index (χ1) is 15.5. The highest BCUT2D eigenvalue weighted by molar-refractivity contribution is 5.98. The van der Waals surface area contributed by atoms with E-state index in [9.17, 15) is 4.79 Å². The molecule has 1 heterocycles. The Hall–Kier alpha value is -1.98. The van der Waals surface area contributed by atoms with Crippen LogP contribution in [0.3, 0.4) is 0 Å². The number of quaternary nitrogens is 1. The van der Waals surface area contributed by atoms with Gasteiger partial charge in [0.05, 0.1) is 12.6 Å². The summed E-state index contributed by atoms with van der Waals surface area (Å²) in [6.07, 6.45) is 7.27. The van der Waals surface area contributed by atoms with Crippen molar-refractivity contribution in [2.75, 3.05) is 26.2 Å². The average molecular weight is 440 g/mol. The number of hydrogen-bond donors (Lipinski definition) is 3. The molecule has 5 heteroatoms. The molecule has 32 heavy (non-hydrogen) atoms. The van der Waals surface area contributed by atoms with Crippen molar-refractivity contribution in [2.24, 2.45) is 11.8 Å². The molecule has 0 spiro atoms. The molecule has 5 nitrogen and oxygen atoms in total. The average Bonchev–Trinajstić information content (AvgIpc) is 2.77. The number of nitrogens with zero attached hydrogens (tertiary/aromatic N) is 1. The van der Waals surface area contributed by atoms with Gasteiger partial charge in [-0.3, -0.25) is 4.79 Å². The Morgan fingerprint density at radius 1 is 1.12 bits per heavy atom. The lowest BCUT2D eigenvalue weighted by Gasteiger charge is -2.34. The fraction of sp³-hybridized carbons (Fsp3) is 0.630. The van der Waals surface area contributed by atoms with Crippen LogP contribution in [0.1, 0.15) is 77.3 Å². The Morgan fingerprint density at radius 3 is 2.38 bits per heavy atom. The SMILES string of the molecule is CC[NH2+]/C(C)=C(\C(=N)CC)C1CCN(CC[C@H](NC(=O)C2CCC2)c2ccccc2)CC1. The quantitative estimate of drug-likeness (QED) is 0.456. The molecule has 0 aromatic heterocycles. The molecule has 1 saturated heterocycles. The fourth-order valence-electron chi connectivity index (χ4n) is 5.14. The predicted octanol–water partition coefficient (Wildman–Crippen LogP) is 4.03. The van der Waals surface area contributed by atoms with Gasteiger partial charge in [0.1, 0.15) is 5.70 Å². The first-order valence-corrected chi connectivity index (χ1v) is 12.7. The van der Waals surface area contributed by atoms with Gasteiger partial charge in [-0.1, -0.05) is 43.7 Å². The number of carbonyl (C=O) groups is 1. The Kier molecular flexibility index (Phi) is 9.49. The van der Waals surface area contributed by atoms with Crippen LogP contribution in [0.15, 0.2) is 41.6 Å². The smallest absolute Gasteiger partial charge is 0.223 e. The maximum atomic E-state index is 12.6. The van der Waals surface area contributed by atoms with Crippen LogP contribution in [0.25, 0.3) is 0 Å². The third-order valence-corrected chi connectivity index (χ3v) is 7.34. The first-order valence-electron chi connectivity index (χ1n) is 12.7. The predicted molar refractivity (Wildman–Crippen MR) is 132 cm³/mol. The minimum Gasteiger partial charge on any atom is -0.349 e. The molecular weight excluding hydrogens is 396 g/mol. The van der Waals surface area contributed by atoms with Crippen LogP contribution in [-0.4, -0.2) is 42.7 Å². The van der Waals surface area contributed by atoms with Crippen LogP contribution in [0, 0.1) is 17.2 Å². The van der Waals surface area contributed by atoms with Gasteiger partial charge >= 0.3 is 0 Å². The van der Waals surface area contributed by atoms with Gasteiger partial charge in [0, 0.05) is 30.7 Å². The Morgan fingerprint density at radius 2 is 1.81 bits per heavy atom. The van der Waals surface area contributed by atoms with Crippen LogP contribution >= 0.6 is 0 Å². The summed E-state index contributed by atoms with van der Waals surface area (Å²) in [7, 11) is 0. The second-order valence-corrected chi connectivity index (χ2v) is 9.55. The molecule has 4 N–H and O–H groups in total.